The lowest BCUT2D eigenvalue weighted by molar-refractivity contribution is -0.164. The summed E-state index contributed by atoms with van der Waals surface area (Å²) in [6, 6.07) is 6.48. The van der Waals surface area contributed by atoms with Gasteiger partial charge in [0.15, 0.2) is 0 Å². The van der Waals surface area contributed by atoms with E-state index < -0.39 is 12.2 Å². The van der Waals surface area contributed by atoms with Gasteiger partial charge < -0.3 is 19.9 Å². The maximum Gasteiger partial charge on any atom is 0.281 e. The first-order valence-electron chi connectivity index (χ1n) is 5.51. The standard InChI is InChI=1S/C12H17NO4/c1-3-16-12(17-4-2)11(15)13-9-7-5-6-8-10(9)14/h5-8,12,14H,3-4H2,1-2H3,(H,13,15). The van der Waals surface area contributed by atoms with Crippen LogP contribution in [0.2, 0.25) is 0 Å². The molecule has 1 aromatic carbocycles. The van der Waals surface area contributed by atoms with E-state index >= 15 is 0 Å². The summed E-state index contributed by atoms with van der Waals surface area (Å²) >= 11 is 0. The van der Waals surface area contributed by atoms with E-state index in [0.717, 1.165) is 0 Å². The number of rotatable bonds is 6. The summed E-state index contributed by atoms with van der Waals surface area (Å²) in [5.41, 5.74) is 0.335. The molecule has 1 rings (SSSR count). The molecule has 2 N–H and O–H groups in total. The van der Waals surface area contributed by atoms with Gasteiger partial charge in [0, 0.05) is 13.2 Å². The van der Waals surface area contributed by atoms with Crippen molar-refractivity contribution < 1.29 is 19.4 Å². The molecule has 5 heteroatoms. The number of hydrogen-bond acceptors (Lipinski definition) is 4. The van der Waals surface area contributed by atoms with Gasteiger partial charge in [-0.25, -0.2) is 0 Å². The largest absolute Gasteiger partial charge is 0.506 e. The molecule has 1 aromatic rings. The van der Waals surface area contributed by atoms with E-state index in [-0.39, 0.29) is 5.75 Å². The average molecular weight is 239 g/mol. The molecule has 0 atom stereocenters. The highest BCUT2D eigenvalue weighted by Gasteiger charge is 2.19. The summed E-state index contributed by atoms with van der Waals surface area (Å²) in [4.78, 5) is 11.8. The van der Waals surface area contributed by atoms with Gasteiger partial charge in [-0.15, -0.1) is 0 Å². The smallest absolute Gasteiger partial charge is 0.281 e. The highest BCUT2D eigenvalue weighted by atomic mass is 16.7. The monoisotopic (exact) mass is 239 g/mol. The minimum absolute atomic E-state index is 0.00703. The number of phenolic OH excluding ortho intramolecular Hbond substituents is 1. The Bertz CT molecular complexity index is 361. The quantitative estimate of drug-likeness (QED) is 0.586. The lowest BCUT2D eigenvalue weighted by Gasteiger charge is -2.16. The molecule has 0 aromatic heterocycles. The van der Waals surface area contributed by atoms with Crippen LogP contribution in [0, 0.1) is 0 Å². The molecule has 0 saturated heterocycles. The van der Waals surface area contributed by atoms with Gasteiger partial charge >= 0.3 is 0 Å². The van der Waals surface area contributed by atoms with E-state index in [9.17, 15) is 9.90 Å². The predicted molar refractivity (Wildman–Crippen MR) is 63.8 cm³/mol. The maximum absolute atomic E-state index is 11.8. The number of nitrogens with one attached hydrogen (secondary N) is 1. The SMILES string of the molecule is CCOC(OCC)C(=O)Nc1ccccc1O. The number of carbonyl (C=O) groups excluding carboxylic acids is 1. The highest BCUT2D eigenvalue weighted by molar-refractivity contribution is 5.94. The molecule has 0 heterocycles. The van der Waals surface area contributed by atoms with Crippen LogP contribution in [-0.4, -0.2) is 30.5 Å². The van der Waals surface area contributed by atoms with Crippen molar-refractivity contribution in [3.63, 3.8) is 0 Å². The number of amides is 1. The van der Waals surface area contributed by atoms with Crippen LogP contribution in [0.5, 0.6) is 5.75 Å². The van der Waals surface area contributed by atoms with Crippen LogP contribution >= 0.6 is 0 Å². The highest BCUT2D eigenvalue weighted by Crippen LogP contribution is 2.21. The summed E-state index contributed by atoms with van der Waals surface area (Å²) in [5, 5.41) is 12.0. The molecule has 0 unspecified atom stereocenters. The summed E-state index contributed by atoms with van der Waals surface area (Å²) in [7, 11) is 0. The Kier molecular flexibility index (Phi) is 5.45. The van der Waals surface area contributed by atoms with Crippen LogP contribution in [0.15, 0.2) is 24.3 Å². The van der Waals surface area contributed by atoms with Gasteiger partial charge in [0.05, 0.1) is 5.69 Å². The molecule has 0 saturated carbocycles. The summed E-state index contributed by atoms with van der Waals surface area (Å²) < 4.78 is 10.3. The molecule has 0 fully saturated rings. The number of hydrogen-bond donors (Lipinski definition) is 2. The fourth-order valence-corrected chi connectivity index (χ4v) is 1.27. The molecule has 94 valence electrons. The van der Waals surface area contributed by atoms with Crippen molar-refractivity contribution in [3.05, 3.63) is 24.3 Å². The fourth-order valence-electron chi connectivity index (χ4n) is 1.27. The number of ether oxygens (including phenoxy) is 2. The summed E-state index contributed by atoms with van der Waals surface area (Å²) in [5.74, 6) is -0.428. The molecule has 5 nitrogen and oxygen atoms in total. The van der Waals surface area contributed by atoms with Crippen molar-refractivity contribution in [2.75, 3.05) is 18.5 Å². The van der Waals surface area contributed by atoms with Crippen molar-refractivity contribution in [2.45, 2.75) is 20.1 Å². The maximum atomic E-state index is 11.8. The fraction of sp³-hybridized carbons (Fsp3) is 0.417. The molecular weight excluding hydrogens is 222 g/mol. The molecule has 0 aliphatic rings. The van der Waals surface area contributed by atoms with Crippen molar-refractivity contribution in [1.82, 2.24) is 0 Å². The Balaban J connectivity index is 2.66. The van der Waals surface area contributed by atoms with Crippen LogP contribution in [0.3, 0.4) is 0 Å². The van der Waals surface area contributed by atoms with Gasteiger partial charge in [-0.2, -0.15) is 0 Å². The molecule has 0 aliphatic carbocycles. The average Bonchev–Trinajstić information content (AvgIpc) is 2.32. The van der Waals surface area contributed by atoms with Crippen molar-refractivity contribution in [3.8, 4) is 5.75 Å². The van der Waals surface area contributed by atoms with Crippen LogP contribution in [-0.2, 0) is 14.3 Å². The number of benzene rings is 1. The molecule has 0 aliphatic heterocycles. The third kappa shape index (κ3) is 4.05. The molecule has 1 amide bonds. The second-order valence-electron chi connectivity index (χ2n) is 3.25. The summed E-state index contributed by atoms with van der Waals surface area (Å²) in [6.45, 7) is 4.30. The molecule has 0 bridgehead atoms. The lowest BCUT2D eigenvalue weighted by atomic mass is 10.3. The van der Waals surface area contributed by atoms with Crippen LogP contribution < -0.4 is 5.32 Å². The van der Waals surface area contributed by atoms with E-state index in [2.05, 4.69) is 5.32 Å². The topological polar surface area (TPSA) is 67.8 Å². The molecule has 0 spiro atoms. The van der Waals surface area contributed by atoms with Gasteiger partial charge in [0.2, 0.25) is 6.29 Å². The van der Waals surface area contributed by atoms with Gasteiger partial charge in [-0.05, 0) is 26.0 Å². The Hall–Kier alpha value is -1.59. The normalized spacial score (nSPS) is 10.5. The van der Waals surface area contributed by atoms with Crippen LogP contribution in [0.1, 0.15) is 13.8 Å². The van der Waals surface area contributed by atoms with E-state index in [1.165, 1.54) is 6.07 Å². The van der Waals surface area contributed by atoms with E-state index in [1.807, 2.05) is 0 Å². The summed E-state index contributed by atoms with van der Waals surface area (Å²) in [6.07, 6.45) is -0.954. The number of phenols is 1. The Morgan fingerprint density at radius 2 is 1.88 bits per heavy atom. The van der Waals surface area contributed by atoms with Gasteiger partial charge in [-0.1, -0.05) is 12.1 Å². The minimum atomic E-state index is -0.954. The number of aromatic hydroxyl groups is 1. The van der Waals surface area contributed by atoms with Crippen LogP contribution in [0.25, 0.3) is 0 Å². The van der Waals surface area contributed by atoms with Gasteiger partial charge in [0.25, 0.3) is 5.91 Å². The van der Waals surface area contributed by atoms with Gasteiger partial charge in [0.1, 0.15) is 5.75 Å². The molecular formula is C12H17NO4. The van der Waals surface area contributed by atoms with E-state index in [0.29, 0.717) is 18.9 Å². The molecule has 17 heavy (non-hydrogen) atoms. The second kappa shape index (κ2) is 6.88. The Labute approximate surface area is 100 Å². The van der Waals surface area contributed by atoms with Gasteiger partial charge in [-0.3, -0.25) is 4.79 Å². The lowest BCUT2D eigenvalue weighted by Crippen LogP contribution is -2.33. The third-order valence-corrected chi connectivity index (χ3v) is 2.01. The third-order valence-electron chi connectivity index (χ3n) is 2.01. The first-order chi connectivity index (χ1) is 8.19. The number of carbonyl (C=O) groups is 1. The first kappa shape index (κ1) is 13.5. The van der Waals surface area contributed by atoms with E-state index in [1.54, 1.807) is 32.0 Å². The van der Waals surface area contributed by atoms with Crippen molar-refractivity contribution >= 4 is 11.6 Å². The second-order valence-corrected chi connectivity index (χ2v) is 3.25. The molecule has 0 radical (unpaired) electrons. The minimum Gasteiger partial charge on any atom is -0.506 e. The Morgan fingerprint density at radius 1 is 1.29 bits per heavy atom. The zero-order valence-corrected chi connectivity index (χ0v) is 9.97. The Morgan fingerprint density at radius 3 is 2.41 bits per heavy atom. The van der Waals surface area contributed by atoms with Crippen LogP contribution in [0.4, 0.5) is 5.69 Å². The zero-order chi connectivity index (χ0) is 12.7. The zero-order valence-electron chi connectivity index (χ0n) is 9.97. The van der Waals surface area contributed by atoms with Crippen molar-refractivity contribution in [2.24, 2.45) is 0 Å². The van der Waals surface area contributed by atoms with Crippen molar-refractivity contribution in [1.29, 1.82) is 0 Å². The number of anilines is 1. The van der Waals surface area contributed by atoms with E-state index in [4.69, 9.17) is 9.47 Å². The number of para-hydroxylation sites is 2. The predicted octanol–water partition coefficient (Wildman–Crippen LogP) is 1.73. The first-order valence-corrected chi connectivity index (χ1v) is 5.51.